The average molecular weight is 498 g/mol. The predicted octanol–water partition coefficient (Wildman–Crippen LogP) is 5.47. The molecule has 1 aliphatic rings. The Bertz CT molecular complexity index is 1310. The molecule has 33 heavy (non-hydrogen) atoms. The molecule has 1 aromatic heterocycles. The normalized spacial score (nSPS) is 14.8. The first-order valence-electron chi connectivity index (χ1n) is 9.40. The van der Waals surface area contributed by atoms with E-state index in [4.69, 9.17) is 16.6 Å². The molecule has 0 unspecified atom stereocenters. The molecule has 4 rings (SSSR count). The molecule has 0 aliphatic carbocycles. The second-order valence-corrected chi connectivity index (χ2v) is 9.39. The topological polar surface area (TPSA) is 108 Å². The van der Waals surface area contributed by atoms with E-state index < -0.39 is 11.9 Å². The van der Waals surface area contributed by atoms with Gasteiger partial charge in [0.1, 0.15) is 11.5 Å². The predicted molar refractivity (Wildman–Crippen MR) is 132 cm³/mol. The number of aromatic carboxylic acids is 2. The molecule has 0 atom stereocenters. The van der Waals surface area contributed by atoms with Gasteiger partial charge in [-0.05, 0) is 54.8 Å². The van der Waals surface area contributed by atoms with Crippen LogP contribution in [-0.2, 0) is 4.79 Å². The summed E-state index contributed by atoms with van der Waals surface area (Å²) in [7, 11) is 0. The van der Waals surface area contributed by atoms with Gasteiger partial charge in [-0.3, -0.25) is 9.69 Å². The Balaban J connectivity index is 1.64. The van der Waals surface area contributed by atoms with Gasteiger partial charge in [0.05, 0.1) is 21.7 Å². The summed E-state index contributed by atoms with van der Waals surface area (Å²) in [5.74, 6) is -2.15. The van der Waals surface area contributed by atoms with Crippen molar-refractivity contribution < 1.29 is 29.0 Å². The SMILES string of the molecule is CSc1cccc(N2C(=O)/C(=C\c3ccc(-c4cc(C(=O)O)cc(C(=O)O)c4)o3)SC2=S)c1. The summed E-state index contributed by atoms with van der Waals surface area (Å²) >= 11 is 8.12. The molecule has 0 saturated carbocycles. The van der Waals surface area contributed by atoms with E-state index in [9.17, 15) is 24.6 Å². The second kappa shape index (κ2) is 9.26. The number of carbonyl (C=O) groups is 3. The minimum absolute atomic E-state index is 0.170. The van der Waals surface area contributed by atoms with Crippen molar-refractivity contribution in [2.75, 3.05) is 11.2 Å². The van der Waals surface area contributed by atoms with Crippen LogP contribution in [0, 0.1) is 0 Å². The van der Waals surface area contributed by atoms with Crippen LogP contribution in [-0.4, -0.2) is 38.6 Å². The molecule has 3 aromatic rings. The minimum Gasteiger partial charge on any atom is -0.478 e. The third-order valence-corrected chi connectivity index (χ3v) is 6.74. The van der Waals surface area contributed by atoms with Crippen LogP contribution in [0.3, 0.4) is 0 Å². The van der Waals surface area contributed by atoms with Crippen molar-refractivity contribution in [1.29, 1.82) is 0 Å². The van der Waals surface area contributed by atoms with Crippen LogP contribution in [0.4, 0.5) is 5.69 Å². The summed E-state index contributed by atoms with van der Waals surface area (Å²) in [5, 5.41) is 18.5. The molecule has 10 heteroatoms. The smallest absolute Gasteiger partial charge is 0.335 e. The number of carboxylic acids is 2. The first-order chi connectivity index (χ1) is 15.8. The number of hydrogen-bond donors (Lipinski definition) is 2. The van der Waals surface area contributed by atoms with Gasteiger partial charge in [0, 0.05) is 16.5 Å². The highest BCUT2D eigenvalue weighted by atomic mass is 32.2. The van der Waals surface area contributed by atoms with Gasteiger partial charge in [0.15, 0.2) is 4.32 Å². The Morgan fingerprint density at radius 2 is 1.76 bits per heavy atom. The summed E-state index contributed by atoms with van der Waals surface area (Å²) in [4.78, 5) is 38.6. The highest BCUT2D eigenvalue weighted by Gasteiger charge is 2.33. The highest BCUT2D eigenvalue weighted by Crippen LogP contribution is 2.37. The van der Waals surface area contributed by atoms with Crippen LogP contribution in [0.2, 0.25) is 0 Å². The Hall–Kier alpha value is -3.34. The average Bonchev–Trinajstić information content (AvgIpc) is 3.37. The minimum atomic E-state index is -1.25. The van der Waals surface area contributed by atoms with Gasteiger partial charge >= 0.3 is 11.9 Å². The van der Waals surface area contributed by atoms with E-state index in [1.54, 1.807) is 30.0 Å². The number of nitrogens with zero attached hydrogens (tertiary/aromatic N) is 1. The first-order valence-corrected chi connectivity index (χ1v) is 11.9. The zero-order valence-electron chi connectivity index (χ0n) is 17.0. The van der Waals surface area contributed by atoms with E-state index in [2.05, 4.69) is 0 Å². The summed E-state index contributed by atoms with van der Waals surface area (Å²) < 4.78 is 6.17. The van der Waals surface area contributed by atoms with E-state index in [1.807, 2.05) is 30.5 Å². The summed E-state index contributed by atoms with van der Waals surface area (Å²) in [6.45, 7) is 0. The fraction of sp³-hybridized carbons (Fsp3) is 0.0435. The highest BCUT2D eigenvalue weighted by molar-refractivity contribution is 8.27. The largest absolute Gasteiger partial charge is 0.478 e. The number of anilines is 1. The van der Waals surface area contributed by atoms with Gasteiger partial charge in [-0.2, -0.15) is 0 Å². The number of carboxylic acid groups (broad SMARTS) is 2. The van der Waals surface area contributed by atoms with Crippen molar-refractivity contribution >= 4 is 69.7 Å². The van der Waals surface area contributed by atoms with Crippen LogP contribution in [0.25, 0.3) is 17.4 Å². The molecule has 1 saturated heterocycles. The summed E-state index contributed by atoms with van der Waals surface area (Å²) in [6, 6.07) is 14.4. The lowest BCUT2D eigenvalue weighted by Gasteiger charge is -2.15. The standard InChI is InChI=1S/C23H15NO6S3/c1-32-17-4-2-3-15(10-17)24-20(25)19(33-23(24)31)11-16-5-6-18(30-16)12-7-13(21(26)27)9-14(8-12)22(28)29/h2-11H,1H3,(H,26,27)(H,28,29)/b19-11+. The fourth-order valence-corrected chi connectivity index (χ4v) is 4.90. The number of rotatable bonds is 6. The van der Waals surface area contributed by atoms with E-state index in [-0.39, 0.29) is 22.8 Å². The third kappa shape index (κ3) is 4.72. The molecule has 7 nitrogen and oxygen atoms in total. The zero-order chi connectivity index (χ0) is 23.7. The second-order valence-electron chi connectivity index (χ2n) is 6.83. The van der Waals surface area contributed by atoms with Crippen molar-refractivity contribution in [3.8, 4) is 11.3 Å². The maximum absolute atomic E-state index is 13.0. The Morgan fingerprint density at radius 1 is 1.06 bits per heavy atom. The molecule has 1 amide bonds. The van der Waals surface area contributed by atoms with Crippen LogP contribution in [0.15, 0.2) is 68.8 Å². The molecule has 2 aromatic carbocycles. The van der Waals surface area contributed by atoms with Gasteiger partial charge < -0.3 is 14.6 Å². The van der Waals surface area contributed by atoms with Crippen LogP contribution < -0.4 is 4.90 Å². The lowest BCUT2D eigenvalue weighted by atomic mass is 10.0. The Labute approximate surface area is 202 Å². The maximum atomic E-state index is 13.0. The van der Waals surface area contributed by atoms with Crippen LogP contribution in [0.5, 0.6) is 0 Å². The third-order valence-electron chi connectivity index (χ3n) is 4.72. The monoisotopic (exact) mass is 497 g/mol. The number of thioether (sulfide) groups is 2. The van der Waals surface area contributed by atoms with Crippen LogP contribution >= 0.6 is 35.7 Å². The van der Waals surface area contributed by atoms with E-state index in [0.717, 1.165) is 22.7 Å². The molecule has 2 heterocycles. The number of furan rings is 1. The maximum Gasteiger partial charge on any atom is 0.335 e. The molecular formula is C23H15NO6S3. The Morgan fingerprint density at radius 3 is 2.39 bits per heavy atom. The van der Waals surface area contributed by atoms with Crippen molar-refractivity contribution in [2.45, 2.75) is 4.90 Å². The van der Waals surface area contributed by atoms with E-state index in [0.29, 0.717) is 26.2 Å². The number of benzene rings is 2. The molecule has 0 radical (unpaired) electrons. The molecule has 2 N–H and O–H groups in total. The number of carbonyl (C=O) groups excluding carboxylic acids is 1. The van der Waals surface area contributed by atoms with Crippen molar-refractivity contribution in [3.05, 3.63) is 76.4 Å². The van der Waals surface area contributed by atoms with Crippen molar-refractivity contribution in [1.82, 2.24) is 0 Å². The molecular weight excluding hydrogens is 482 g/mol. The Kier molecular flexibility index (Phi) is 6.41. The lowest BCUT2D eigenvalue weighted by Crippen LogP contribution is -2.27. The van der Waals surface area contributed by atoms with E-state index in [1.165, 1.54) is 17.0 Å². The van der Waals surface area contributed by atoms with E-state index >= 15 is 0 Å². The van der Waals surface area contributed by atoms with Gasteiger partial charge in [-0.15, -0.1) is 11.8 Å². The molecule has 0 bridgehead atoms. The quantitative estimate of drug-likeness (QED) is 0.260. The number of amides is 1. The molecule has 1 aliphatic heterocycles. The summed E-state index contributed by atoms with van der Waals surface area (Å²) in [5.41, 5.74) is 0.639. The van der Waals surface area contributed by atoms with Gasteiger partial charge in [0.25, 0.3) is 5.91 Å². The lowest BCUT2D eigenvalue weighted by molar-refractivity contribution is -0.113. The molecule has 0 spiro atoms. The molecule has 1 fully saturated rings. The summed E-state index contributed by atoms with van der Waals surface area (Å²) in [6.07, 6.45) is 3.50. The number of thiocarbonyl (C=S) groups is 1. The van der Waals surface area contributed by atoms with Gasteiger partial charge in [-0.25, -0.2) is 9.59 Å². The fourth-order valence-electron chi connectivity index (χ4n) is 3.17. The van der Waals surface area contributed by atoms with Gasteiger partial charge in [0.2, 0.25) is 0 Å². The van der Waals surface area contributed by atoms with Crippen molar-refractivity contribution in [2.24, 2.45) is 0 Å². The number of hydrogen-bond acceptors (Lipinski definition) is 7. The molecule has 166 valence electrons. The zero-order valence-corrected chi connectivity index (χ0v) is 19.4. The van der Waals surface area contributed by atoms with Gasteiger partial charge in [-0.1, -0.05) is 30.0 Å². The first kappa shape index (κ1) is 22.8. The van der Waals surface area contributed by atoms with Crippen LogP contribution in [0.1, 0.15) is 26.5 Å². The van der Waals surface area contributed by atoms with Crippen molar-refractivity contribution in [3.63, 3.8) is 0 Å².